The highest BCUT2D eigenvalue weighted by atomic mass is 16.6. The van der Waals surface area contributed by atoms with Crippen LogP contribution >= 0.6 is 0 Å². The molecule has 1 aromatic carbocycles. The molecule has 14 nitrogen and oxygen atoms in total. The molecule has 50 heavy (non-hydrogen) atoms. The molecule has 3 fully saturated rings. The van der Waals surface area contributed by atoms with Gasteiger partial charge in [-0.25, -0.2) is 9.59 Å². The molecule has 3 aliphatic carbocycles. The molecule has 5 rings (SSSR count). The second-order valence-corrected chi connectivity index (χ2v) is 14.8. The summed E-state index contributed by atoms with van der Waals surface area (Å²) in [7, 11) is 0. The Hall–Kier alpha value is -3.40. The third kappa shape index (κ3) is 5.83. The number of rotatable bonds is 9. The number of esters is 2. The van der Waals surface area contributed by atoms with Crippen LogP contribution < -0.4 is 5.32 Å². The van der Waals surface area contributed by atoms with Gasteiger partial charge in [0.1, 0.15) is 23.9 Å². The van der Waals surface area contributed by atoms with Crippen LogP contribution in [0.25, 0.3) is 0 Å². The second-order valence-electron chi connectivity index (χ2n) is 14.8. The van der Waals surface area contributed by atoms with Gasteiger partial charge in [0.2, 0.25) is 0 Å². The summed E-state index contributed by atoms with van der Waals surface area (Å²) in [5.74, 6) is -4.27. The van der Waals surface area contributed by atoms with Gasteiger partial charge in [-0.3, -0.25) is 9.59 Å². The summed E-state index contributed by atoms with van der Waals surface area (Å²) in [5, 5.41) is 62.1. The summed E-state index contributed by atoms with van der Waals surface area (Å²) in [6, 6.07) is 6.90. The Morgan fingerprint density at radius 2 is 1.76 bits per heavy atom. The molecule has 276 valence electrons. The highest BCUT2D eigenvalue weighted by molar-refractivity contribution is 5.93. The number of ketones is 1. The Kier molecular flexibility index (Phi) is 10.3. The van der Waals surface area contributed by atoms with Crippen LogP contribution in [0.4, 0.5) is 4.79 Å². The van der Waals surface area contributed by atoms with Crippen LogP contribution in [0.1, 0.15) is 78.8 Å². The second kappa shape index (κ2) is 13.6. The Labute approximate surface area is 290 Å². The smallest absolute Gasteiger partial charge is 0.407 e. The maximum Gasteiger partial charge on any atom is 0.407 e. The van der Waals surface area contributed by atoms with Gasteiger partial charge in [-0.15, -0.1) is 0 Å². The van der Waals surface area contributed by atoms with Crippen molar-refractivity contribution >= 4 is 23.8 Å². The predicted octanol–water partition coefficient (Wildman–Crippen LogP) is 1.40. The lowest BCUT2D eigenvalue weighted by Gasteiger charge is -2.67. The summed E-state index contributed by atoms with van der Waals surface area (Å²) in [4.78, 5) is 53.2. The minimum Gasteiger partial charge on any atom is -0.456 e. The quantitative estimate of drug-likeness (QED) is 0.0929. The standard InChI is InChI=1S/C36H49NO13/c1-7-8-14-47-32(45)37-25(20-12-10-9-11-13-20)27(41)31(44)49-21-16-36(46)30(43)28-34(6,29(42)26(40)24(18(21)2)33(36,4)5)22(39)15-23-35(28,17-48-23)50-19(3)38/h9-13,21-23,25-28,30,39-41,43,46H,7-8,14-17H2,1-6H3,(H,37,45)/t21-,22-,23+,25-,26+,27+,28-,30-,34+,35-,36+/m0/s1. The number of nitrogens with one attached hydrogen (secondary N) is 1. The number of carbonyl (C=O) groups is 4. The Morgan fingerprint density at radius 1 is 1.10 bits per heavy atom. The summed E-state index contributed by atoms with van der Waals surface area (Å²) < 4.78 is 22.4. The number of benzene rings is 1. The molecule has 4 aliphatic rings. The van der Waals surface area contributed by atoms with Gasteiger partial charge in [-0.2, -0.15) is 0 Å². The van der Waals surface area contributed by atoms with Gasteiger partial charge < -0.3 is 49.8 Å². The van der Waals surface area contributed by atoms with Crippen molar-refractivity contribution in [3.8, 4) is 0 Å². The zero-order valence-electron chi connectivity index (χ0n) is 29.3. The van der Waals surface area contributed by atoms with E-state index in [9.17, 15) is 44.7 Å². The number of unbranched alkanes of at least 4 members (excludes halogenated alkanes) is 1. The van der Waals surface area contributed by atoms with Crippen LogP contribution in [0.5, 0.6) is 0 Å². The highest BCUT2D eigenvalue weighted by Gasteiger charge is 2.76. The lowest BCUT2D eigenvalue weighted by Crippen LogP contribution is -2.81. The van der Waals surface area contributed by atoms with Gasteiger partial charge in [-0.1, -0.05) is 57.5 Å². The van der Waals surface area contributed by atoms with Gasteiger partial charge in [0.05, 0.1) is 36.9 Å². The number of Topliss-reactive ketones (excluding diaryl/α,β-unsaturated/α-hetero) is 1. The number of aliphatic hydroxyl groups is 5. The van der Waals surface area contributed by atoms with Gasteiger partial charge in [0.15, 0.2) is 17.5 Å². The van der Waals surface area contributed by atoms with Crippen LogP contribution in [0.15, 0.2) is 41.5 Å². The largest absolute Gasteiger partial charge is 0.456 e. The minimum absolute atomic E-state index is 0.0276. The number of amides is 1. The molecule has 6 N–H and O–H groups in total. The number of carbonyl (C=O) groups excluding carboxylic acids is 4. The van der Waals surface area contributed by atoms with Crippen molar-refractivity contribution in [3.63, 3.8) is 0 Å². The zero-order chi connectivity index (χ0) is 37.0. The zero-order valence-corrected chi connectivity index (χ0v) is 29.3. The molecular weight excluding hydrogens is 654 g/mol. The first-order chi connectivity index (χ1) is 23.4. The number of aliphatic hydroxyl groups excluding tert-OH is 4. The Morgan fingerprint density at radius 3 is 2.34 bits per heavy atom. The fourth-order valence-electron chi connectivity index (χ4n) is 8.72. The predicted molar refractivity (Wildman–Crippen MR) is 174 cm³/mol. The van der Waals surface area contributed by atoms with Gasteiger partial charge >= 0.3 is 18.0 Å². The van der Waals surface area contributed by atoms with E-state index >= 15 is 0 Å². The normalized spacial score (nSPS) is 37.1. The molecule has 2 saturated carbocycles. The molecule has 14 heteroatoms. The van der Waals surface area contributed by atoms with E-state index < -0.39 is 101 Å². The third-order valence-electron chi connectivity index (χ3n) is 11.7. The average Bonchev–Trinajstić information content (AvgIpc) is 3.05. The first-order valence-electron chi connectivity index (χ1n) is 17.1. The Balaban J connectivity index is 1.54. The molecule has 0 aromatic heterocycles. The molecular formula is C36H49NO13. The van der Waals surface area contributed by atoms with Gasteiger partial charge in [-0.05, 0) is 37.0 Å². The van der Waals surface area contributed by atoms with E-state index in [0.717, 1.165) is 13.3 Å². The fraction of sp³-hybridized carbons (Fsp3) is 0.667. The average molecular weight is 704 g/mol. The molecule has 1 saturated heterocycles. The van der Waals surface area contributed by atoms with Crippen LogP contribution in [0.3, 0.4) is 0 Å². The number of hydrogen-bond acceptors (Lipinski definition) is 13. The van der Waals surface area contributed by atoms with Crippen LogP contribution in [-0.4, -0.2) is 110 Å². The summed E-state index contributed by atoms with van der Waals surface area (Å²) >= 11 is 0. The Bertz CT molecular complexity index is 1530. The van der Waals surface area contributed by atoms with Crippen molar-refractivity contribution in [2.45, 2.75) is 121 Å². The van der Waals surface area contributed by atoms with Crippen molar-refractivity contribution in [2.75, 3.05) is 13.2 Å². The highest BCUT2D eigenvalue weighted by Crippen LogP contribution is 2.63. The lowest BCUT2D eigenvalue weighted by atomic mass is 9.44. The van der Waals surface area contributed by atoms with Crippen molar-refractivity contribution in [3.05, 3.63) is 47.0 Å². The molecule has 2 bridgehead atoms. The van der Waals surface area contributed by atoms with E-state index in [1.165, 1.54) is 27.7 Å². The van der Waals surface area contributed by atoms with E-state index in [-0.39, 0.29) is 30.8 Å². The van der Waals surface area contributed by atoms with Crippen molar-refractivity contribution in [2.24, 2.45) is 16.7 Å². The molecule has 1 heterocycles. The summed E-state index contributed by atoms with van der Waals surface area (Å²) in [6.45, 7) is 8.93. The molecule has 1 amide bonds. The number of fused-ring (bicyclic) bond motifs is 5. The van der Waals surface area contributed by atoms with Gasteiger partial charge in [0.25, 0.3) is 0 Å². The number of ether oxygens (including phenoxy) is 4. The van der Waals surface area contributed by atoms with Crippen molar-refractivity contribution < 1.29 is 63.7 Å². The third-order valence-corrected chi connectivity index (χ3v) is 11.7. The van der Waals surface area contributed by atoms with Gasteiger partial charge in [0, 0.05) is 31.1 Å². The lowest BCUT2D eigenvalue weighted by molar-refractivity contribution is -0.346. The van der Waals surface area contributed by atoms with Crippen LogP contribution in [-0.2, 0) is 33.3 Å². The van der Waals surface area contributed by atoms with E-state index in [4.69, 9.17) is 18.9 Å². The van der Waals surface area contributed by atoms with Crippen molar-refractivity contribution in [1.29, 1.82) is 0 Å². The molecule has 0 spiro atoms. The molecule has 1 aliphatic heterocycles. The maximum absolute atomic E-state index is 14.4. The number of alkyl carbamates (subject to hydrolysis) is 1. The molecule has 11 atom stereocenters. The fourth-order valence-corrected chi connectivity index (χ4v) is 8.72. The molecule has 1 aromatic rings. The SMILES string of the molecule is CCCCOC(=O)N[C@@H](c1ccccc1)[C@@H](O)C(=O)O[C@H]1C[C@@]2(O)[C@@H](O)[C@@H]3[C@]4(OC(C)=O)CO[C@@H]4C[C@H](O)[C@@]3(C)C(=O)[C@H](O)C(=C1C)C2(C)C. The number of hydrogen-bond donors (Lipinski definition) is 6. The van der Waals surface area contributed by atoms with E-state index in [1.54, 1.807) is 30.3 Å². The minimum atomic E-state index is -2.27. The van der Waals surface area contributed by atoms with E-state index in [2.05, 4.69) is 5.32 Å². The van der Waals surface area contributed by atoms with E-state index in [0.29, 0.717) is 12.0 Å². The van der Waals surface area contributed by atoms with Crippen molar-refractivity contribution in [1.82, 2.24) is 5.32 Å². The topological polar surface area (TPSA) is 218 Å². The summed E-state index contributed by atoms with van der Waals surface area (Å²) in [5.41, 5.74) is -6.81. The first kappa shape index (κ1) is 37.8. The van der Waals surface area contributed by atoms with Crippen LogP contribution in [0, 0.1) is 16.7 Å². The monoisotopic (exact) mass is 703 g/mol. The first-order valence-corrected chi connectivity index (χ1v) is 17.1. The molecule has 0 radical (unpaired) electrons. The molecule has 0 unspecified atom stereocenters. The van der Waals surface area contributed by atoms with Crippen LogP contribution in [0.2, 0.25) is 0 Å². The van der Waals surface area contributed by atoms with E-state index in [1.807, 2.05) is 6.92 Å². The maximum atomic E-state index is 14.4. The summed E-state index contributed by atoms with van der Waals surface area (Å²) in [6.07, 6.45) is -9.65.